The molecule has 0 saturated heterocycles. The number of aromatic nitrogens is 1. The van der Waals surface area contributed by atoms with Gasteiger partial charge >= 0.3 is 6.18 Å². The van der Waals surface area contributed by atoms with E-state index in [1.165, 1.54) is 18.9 Å². The number of rotatable bonds is 7. The highest BCUT2D eigenvalue weighted by Crippen LogP contribution is 2.39. The van der Waals surface area contributed by atoms with Crippen LogP contribution in [0, 0.1) is 11.7 Å². The van der Waals surface area contributed by atoms with Gasteiger partial charge in [0.1, 0.15) is 5.82 Å². The van der Waals surface area contributed by atoms with Crippen LogP contribution < -0.4 is 4.72 Å². The summed E-state index contributed by atoms with van der Waals surface area (Å²) in [7, 11) is 0. The first-order valence-electron chi connectivity index (χ1n) is 10.1. The van der Waals surface area contributed by atoms with E-state index < -0.39 is 17.6 Å². The quantitative estimate of drug-likeness (QED) is 0.317. The molecule has 1 fully saturated rings. The molecule has 0 radical (unpaired) electrons. The van der Waals surface area contributed by atoms with E-state index in [2.05, 4.69) is 29.3 Å². The molecule has 0 spiro atoms. The molecule has 1 heterocycles. The van der Waals surface area contributed by atoms with Crippen LogP contribution >= 0.6 is 11.9 Å². The van der Waals surface area contributed by atoms with Crippen molar-refractivity contribution in [3.05, 3.63) is 59.5 Å². The molecule has 1 N–H and O–H groups in total. The van der Waals surface area contributed by atoms with Gasteiger partial charge in [-0.2, -0.15) is 13.2 Å². The van der Waals surface area contributed by atoms with Crippen LogP contribution in [0.4, 0.5) is 17.6 Å². The van der Waals surface area contributed by atoms with Crippen molar-refractivity contribution < 1.29 is 17.6 Å². The molecule has 2 aromatic carbocycles. The number of alkyl halides is 3. The molecule has 0 aliphatic heterocycles. The maximum atomic E-state index is 13.5. The standard InChI is InChI=1S/C23H24F4N2S/c1-14(2)12-29-13-16(11-28-30-18-5-6-18)20-7-3-15(9-22(20)29)19-8-4-17(24)10-21(19)23(25,26)27/h3-4,7-10,13-14,18,28H,5-6,11-12H2,1-2H3. The molecule has 7 heteroatoms. The molecule has 2 nitrogen and oxygen atoms in total. The van der Waals surface area contributed by atoms with Crippen molar-refractivity contribution in [1.82, 2.24) is 9.29 Å². The summed E-state index contributed by atoms with van der Waals surface area (Å²) in [6.07, 6.45) is -0.0453. The molecule has 0 unspecified atom stereocenters. The summed E-state index contributed by atoms with van der Waals surface area (Å²) in [5, 5.41) is 1.72. The minimum Gasteiger partial charge on any atom is -0.347 e. The summed E-state index contributed by atoms with van der Waals surface area (Å²) >= 11 is 1.76. The minimum absolute atomic E-state index is 0.00735. The highest BCUT2D eigenvalue weighted by atomic mass is 32.2. The molecule has 1 aromatic heterocycles. The molecule has 0 amide bonds. The van der Waals surface area contributed by atoms with Crippen LogP contribution in [0.3, 0.4) is 0 Å². The number of nitrogens with zero attached hydrogens (tertiary/aromatic N) is 1. The van der Waals surface area contributed by atoms with Crippen LogP contribution in [0.15, 0.2) is 42.6 Å². The first-order valence-corrected chi connectivity index (χ1v) is 11.0. The maximum Gasteiger partial charge on any atom is 0.417 e. The van der Waals surface area contributed by atoms with Crippen molar-refractivity contribution in [1.29, 1.82) is 0 Å². The summed E-state index contributed by atoms with van der Waals surface area (Å²) < 4.78 is 59.6. The summed E-state index contributed by atoms with van der Waals surface area (Å²) in [5.41, 5.74) is 1.50. The fraction of sp³-hybridized carbons (Fsp3) is 0.391. The SMILES string of the molecule is CC(C)Cn1cc(CNSC2CC2)c2ccc(-c3ccc(F)cc3C(F)(F)F)cc21. The van der Waals surface area contributed by atoms with Gasteiger partial charge in [0.2, 0.25) is 0 Å². The maximum absolute atomic E-state index is 13.5. The van der Waals surface area contributed by atoms with Gasteiger partial charge in [-0.05, 0) is 53.6 Å². The molecular weight excluding hydrogens is 412 g/mol. The predicted octanol–water partition coefficient (Wildman–Crippen LogP) is 7.02. The van der Waals surface area contributed by atoms with Crippen molar-refractivity contribution in [2.75, 3.05) is 0 Å². The van der Waals surface area contributed by atoms with E-state index in [1.807, 2.05) is 6.07 Å². The molecule has 0 atom stereocenters. The van der Waals surface area contributed by atoms with E-state index in [0.717, 1.165) is 29.1 Å². The van der Waals surface area contributed by atoms with Gasteiger partial charge in [0.25, 0.3) is 0 Å². The van der Waals surface area contributed by atoms with Gasteiger partial charge in [-0.15, -0.1) is 0 Å². The first-order chi connectivity index (χ1) is 14.2. The predicted molar refractivity (Wildman–Crippen MR) is 115 cm³/mol. The first kappa shape index (κ1) is 21.2. The van der Waals surface area contributed by atoms with Crippen LogP contribution in [-0.4, -0.2) is 9.82 Å². The molecular formula is C23H24F4N2S. The Balaban J connectivity index is 1.76. The third kappa shape index (κ3) is 4.67. The molecule has 3 aromatic rings. The van der Waals surface area contributed by atoms with Crippen LogP contribution in [0.5, 0.6) is 0 Å². The Morgan fingerprint density at radius 2 is 1.90 bits per heavy atom. The van der Waals surface area contributed by atoms with E-state index >= 15 is 0 Å². The number of fused-ring (bicyclic) bond motifs is 1. The monoisotopic (exact) mass is 436 g/mol. The highest BCUT2D eigenvalue weighted by Gasteiger charge is 2.34. The molecule has 4 rings (SSSR count). The van der Waals surface area contributed by atoms with Crippen LogP contribution in [0.2, 0.25) is 0 Å². The van der Waals surface area contributed by atoms with Crippen molar-refractivity contribution in [2.45, 2.75) is 51.2 Å². The Kier molecular flexibility index (Phi) is 5.86. The number of benzene rings is 2. The average Bonchev–Trinajstić information content (AvgIpc) is 3.43. The van der Waals surface area contributed by atoms with Gasteiger partial charge in [0.15, 0.2) is 0 Å². The van der Waals surface area contributed by atoms with Crippen molar-refractivity contribution in [2.24, 2.45) is 5.92 Å². The average molecular weight is 437 g/mol. The molecule has 1 aliphatic rings. The second-order valence-electron chi connectivity index (χ2n) is 8.26. The number of hydrogen-bond acceptors (Lipinski definition) is 2. The summed E-state index contributed by atoms with van der Waals surface area (Å²) in [4.78, 5) is 0. The summed E-state index contributed by atoms with van der Waals surface area (Å²) in [5.74, 6) is -0.501. The minimum atomic E-state index is -4.62. The second-order valence-corrected chi connectivity index (χ2v) is 9.45. The topological polar surface area (TPSA) is 17.0 Å². The van der Waals surface area contributed by atoms with Gasteiger partial charge in [-0.3, -0.25) is 4.72 Å². The van der Waals surface area contributed by atoms with E-state index in [-0.39, 0.29) is 5.56 Å². The van der Waals surface area contributed by atoms with Gasteiger partial charge in [0.05, 0.1) is 5.56 Å². The zero-order valence-electron chi connectivity index (χ0n) is 16.9. The van der Waals surface area contributed by atoms with E-state index in [1.54, 1.807) is 24.1 Å². The third-order valence-electron chi connectivity index (χ3n) is 5.16. The lowest BCUT2D eigenvalue weighted by Gasteiger charge is -2.14. The lowest BCUT2D eigenvalue weighted by molar-refractivity contribution is -0.137. The number of hydrogen-bond donors (Lipinski definition) is 1. The summed E-state index contributed by atoms with van der Waals surface area (Å²) in [6, 6.07) is 8.22. The summed E-state index contributed by atoms with van der Waals surface area (Å²) in [6.45, 7) is 5.69. The number of nitrogens with one attached hydrogen (secondary N) is 1. The zero-order chi connectivity index (χ0) is 21.5. The van der Waals surface area contributed by atoms with Gasteiger partial charge in [-0.1, -0.05) is 44.0 Å². The largest absolute Gasteiger partial charge is 0.417 e. The van der Waals surface area contributed by atoms with Crippen LogP contribution in [0.25, 0.3) is 22.0 Å². The Bertz CT molecular complexity index is 1050. The second kappa shape index (κ2) is 8.27. The Labute approximate surface area is 177 Å². The molecule has 0 bridgehead atoms. The van der Waals surface area contributed by atoms with Crippen molar-refractivity contribution in [3.63, 3.8) is 0 Å². The third-order valence-corrected chi connectivity index (χ3v) is 6.28. The van der Waals surface area contributed by atoms with Gasteiger partial charge in [0, 0.05) is 35.4 Å². The van der Waals surface area contributed by atoms with E-state index in [0.29, 0.717) is 29.3 Å². The normalized spacial score (nSPS) is 14.8. The van der Waals surface area contributed by atoms with Crippen molar-refractivity contribution >= 4 is 22.9 Å². The van der Waals surface area contributed by atoms with E-state index in [9.17, 15) is 17.6 Å². The molecule has 160 valence electrons. The Morgan fingerprint density at radius 3 is 2.57 bits per heavy atom. The van der Waals surface area contributed by atoms with Crippen LogP contribution in [0.1, 0.15) is 37.8 Å². The molecule has 30 heavy (non-hydrogen) atoms. The highest BCUT2D eigenvalue weighted by molar-refractivity contribution is 7.98. The Morgan fingerprint density at radius 1 is 1.13 bits per heavy atom. The fourth-order valence-corrected chi connectivity index (χ4v) is 4.49. The van der Waals surface area contributed by atoms with Crippen LogP contribution in [-0.2, 0) is 19.3 Å². The van der Waals surface area contributed by atoms with E-state index in [4.69, 9.17) is 0 Å². The lowest BCUT2D eigenvalue weighted by atomic mass is 9.97. The fourth-order valence-electron chi connectivity index (χ4n) is 3.65. The zero-order valence-corrected chi connectivity index (χ0v) is 17.7. The van der Waals surface area contributed by atoms with Gasteiger partial charge in [-0.25, -0.2) is 4.39 Å². The molecule has 1 aliphatic carbocycles. The van der Waals surface area contributed by atoms with Gasteiger partial charge < -0.3 is 4.57 Å². The Hall–Kier alpha value is -1.99. The molecule has 1 saturated carbocycles. The number of halogens is 4. The smallest absolute Gasteiger partial charge is 0.347 e. The van der Waals surface area contributed by atoms with Crippen molar-refractivity contribution in [3.8, 4) is 11.1 Å². The lowest BCUT2D eigenvalue weighted by Crippen LogP contribution is -2.08.